The fourth-order valence-electron chi connectivity index (χ4n) is 2.08. The number of aryl methyl sites for hydroxylation is 1. The maximum Gasteiger partial charge on any atom is 0.345 e. The molecule has 0 saturated carbocycles. The molecular weight excluding hydrogens is 298 g/mol. The third-order valence-electron chi connectivity index (χ3n) is 3.13. The van der Waals surface area contributed by atoms with E-state index < -0.39 is 16.7 Å². The van der Waals surface area contributed by atoms with Crippen LogP contribution in [0.25, 0.3) is 0 Å². The number of nitrogens with one attached hydrogen (secondary N) is 1. The summed E-state index contributed by atoms with van der Waals surface area (Å²) >= 11 is 1.10. The zero-order chi connectivity index (χ0) is 16.2. The second kappa shape index (κ2) is 6.66. The lowest BCUT2D eigenvalue weighted by atomic mass is 10.1. The van der Waals surface area contributed by atoms with Crippen LogP contribution >= 0.6 is 11.8 Å². The van der Waals surface area contributed by atoms with E-state index >= 15 is 0 Å². The molecule has 0 bridgehead atoms. The molecule has 0 aromatic heterocycles. The number of carboxylic acids is 1. The normalized spacial score (nSPS) is 13.2. The monoisotopic (exact) mass is 315 g/mol. The Morgan fingerprint density at radius 2 is 1.64 bits per heavy atom. The molecule has 1 unspecified atom stereocenters. The van der Waals surface area contributed by atoms with Crippen LogP contribution in [-0.2, 0) is 14.5 Å². The molecule has 0 heterocycles. The predicted molar refractivity (Wildman–Crippen MR) is 86.6 cm³/mol. The van der Waals surface area contributed by atoms with E-state index in [1.807, 2.05) is 31.2 Å². The molecule has 0 aliphatic heterocycles. The number of aliphatic carboxylic acids is 1. The van der Waals surface area contributed by atoms with Crippen LogP contribution in [-0.4, -0.2) is 17.0 Å². The van der Waals surface area contributed by atoms with Crippen molar-refractivity contribution in [1.29, 1.82) is 0 Å². The molecule has 5 heteroatoms. The van der Waals surface area contributed by atoms with Crippen molar-refractivity contribution >= 4 is 23.6 Å². The van der Waals surface area contributed by atoms with Gasteiger partial charge in [-0.1, -0.05) is 59.8 Å². The minimum Gasteiger partial charge on any atom is -0.479 e. The van der Waals surface area contributed by atoms with Crippen molar-refractivity contribution < 1.29 is 14.7 Å². The molecule has 0 spiro atoms. The Morgan fingerprint density at radius 1 is 1.05 bits per heavy atom. The summed E-state index contributed by atoms with van der Waals surface area (Å²) in [6, 6.07) is 16.2. The lowest BCUT2D eigenvalue weighted by Crippen LogP contribution is -2.48. The lowest BCUT2D eigenvalue weighted by Gasteiger charge is -2.30. The van der Waals surface area contributed by atoms with Crippen molar-refractivity contribution in [2.45, 2.75) is 23.6 Å². The summed E-state index contributed by atoms with van der Waals surface area (Å²) in [5.74, 6) is -1.51. The van der Waals surface area contributed by atoms with Gasteiger partial charge in [-0.3, -0.25) is 4.79 Å². The van der Waals surface area contributed by atoms with Gasteiger partial charge in [-0.15, -0.1) is 0 Å². The molecule has 2 aromatic rings. The van der Waals surface area contributed by atoms with Crippen LogP contribution in [0.15, 0.2) is 59.5 Å². The van der Waals surface area contributed by atoms with E-state index in [-0.39, 0.29) is 0 Å². The summed E-state index contributed by atoms with van der Waals surface area (Å²) < 4.78 is 0. The molecule has 0 aliphatic carbocycles. The largest absolute Gasteiger partial charge is 0.479 e. The minimum absolute atomic E-state index is 0.397. The number of rotatable bonds is 5. The van der Waals surface area contributed by atoms with E-state index in [0.717, 1.165) is 22.2 Å². The number of carbonyl (C=O) groups is 2. The molecule has 2 rings (SSSR count). The zero-order valence-corrected chi connectivity index (χ0v) is 13.2. The third kappa shape index (κ3) is 3.49. The average molecular weight is 315 g/mol. The first kappa shape index (κ1) is 16.1. The highest BCUT2D eigenvalue weighted by molar-refractivity contribution is 8.01. The molecule has 0 saturated heterocycles. The van der Waals surface area contributed by atoms with Gasteiger partial charge in [0.15, 0.2) is 0 Å². The molecule has 0 radical (unpaired) electrons. The summed E-state index contributed by atoms with van der Waals surface area (Å²) in [5, 5.41) is 12.4. The Labute approximate surface area is 133 Å². The molecule has 1 amide bonds. The minimum atomic E-state index is -1.55. The summed E-state index contributed by atoms with van der Waals surface area (Å²) in [5.41, 5.74) is 1.60. The summed E-state index contributed by atoms with van der Waals surface area (Å²) in [4.78, 5) is 22.8. The van der Waals surface area contributed by atoms with Crippen LogP contribution in [0.4, 0.5) is 0 Å². The quantitative estimate of drug-likeness (QED) is 0.657. The number of hydrogen-bond donors (Lipinski definition) is 2. The first-order chi connectivity index (χ1) is 10.4. The van der Waals surface area contributed by atoms with Crippen molar-refractivity contribution in [1.82, 2.24) is 5.32 Å². The molecule has 1 atom stereocenters. The Kier molecular flexibility index (Phi) is 4.88. The van der Waals surface area contributed by atoms with Crippen molar-refractivity contribution in [3.05, 3.63) is 65.7 Å². The van der Waals surface area contributed by atoms with Gasteiger partial charge in [-0.05, 0) is 24.6 Å². The summed E-state index contributed by atoms with van der Waals surface area (Å²) in [6.45, 7) is 3.28. The Bertz CT molecular complexity index is 670. The number of benzene rings is 2. The highest BCUT2D eigenvalue weighted by atomic mass is 32.2. The molecular formula is C17H17NO3S. The van der Waals surface area contributed by atoms with Gasteiger partial charge >= 0.3 is 5.97 Å². The average Bonchev–Trinajstić information content (AvgIpc) is 2.49. The van der Waals surface area contributed by atoms with Crippen LogP contribution < -0.4 is 5.32 Å². The highest BCUT2D eigenvalue weighted by Crippen LogP contribution is 2.39. The van der Waals surface area contributed by atoms with E-state index in [4.69, 9.17) is 0 Å². The number of carboxylic acid groups (broad SMARTS) is 1. The van der Waals surface area contributed by atoms with Gasteiger partial charge in [-0.25, -0.2) is 4.79 Å². The second-order valence-electron chi connectivity index (χ2n) is 4.95. The third-order valence-corrected chi connectivity index (χ3v) is 4.45. The Hall–Kier alpha value is -2.27. The molecule has 0 fully saturated rings. The number of amides is 1. The van der Waals surface area contributed by atoms with Crippen LogP contribution in [0, 0.1) is 6.92 Å². The van der Waals surface area contributed by atoms with Crippen LogP contribution in [0.2, 0.25) is 0 Å². The smallest absolute Gasteiger partial charge is 0.345 e. The predicted octanol–water partition coefficient (Wildman–Crippen LogP) is 3.16. The van der Waals surface area contributed by atoms with Crippen LogP contribution in [0.5, 0.6) is 0 Å². The highest BCUT2D eigenvalue weighted by Gasteiger charge is 2.42. The topological polar surface area (TPSA) is 66.4 Å². The van der Waals surface area contributed by atoms with E-state index in [9.17, 15) is 14.7 Å². The maximum absolute atomic E-state index is 12.0. The van der Waals surface area contributed by atoms with Crippen molar-refractivity contribution in [2.24, 2.45) is 0 Å². The molecule has 22 heavy (non-hydrogen) atoms. The van der Waals surface area contributed by atoms with E-state index in [1.165, 1.54) is 6.92 Å². The SMILES string of the molecule is CC(=O)NC(Sc1ccc(C)cc1)(C(=O)O)c1ccccc1. The fourth-order valence-corrected chi connectivity index (χ4v) is 3.24. The number of carbonyl (C=O) groups excluding carboxylic acids is 1. The van der Waals surface area contributed by atoms with Crippen molar-refractivity contribution in [3.8, 4) is 0 Å². The Balaban J connectivity index is 2.50. The van der Waals surface area contributed by atoms with Gasteiger partial charge in [-0.2, -0.15) is 0 Å². The van der Waals surface area contributed by atoms with Crippen molar-refractivity contribution in [3.63, 3.8) is 0 Å². The first-order valence-electron chi connectivity index (χ1n) is 6.77. The molecule has 0 aliphatic rings. The maximum atomic E-state index is 12.0. The van der Waals surface area contributed by atoms with Gasteiger partial charge in [0.2, 0.25) is 10.8 Å². The lowest BCUT2D eigenvalue weighted by molar-refractivity contribution is -0.143. The number of hydrogen-bond acceptors (Lipinski definition) is 3. The second-order valence-corrected chi connectivity index (χ2v) is 6.24. The fraction of sp³-hybridized carbons (Fsp3) is 0.176. The van der Waals surface area contributed by atoms with E-state index in [0.29, 0.717) is 5.56 Å². The van der Waals surface area contributed by atoms with E-state index in [1.54, 1.807) is 30.3 Å². The summed E-state index contributed by atoms with van der Waals surface area (Å²) in [6.07, 6.45) is 0. The van der Waals surface area contributed by atoms with Crippen LogP contribution in [0.1, 0.15) is 18.1 Å². The molecule has 4 nitrogen and oxygen atoms in total. The Morgan fingerprint density at radius 3 is 2.14 bits per heavy atom. The van der Waals surface area contributed by atoms with Gasteiger partial charge < -0.3 is 10.4 Å². The molecule has 114 valence electrons. The number of thioether (sulfide) groups is 1. The van der Waals surface area contributed by atoms with Gasteiger partial charge in [0.25, 0.3) is 0 Å². The van der Waals surface area contributed by atoms with Gasteiger partial charge in [0, 0.05) is 11.8 Å². The molecule has 2 N–H and O–H groups in total. The molecule has 2 aromatic carbocycles. The zero-order valence-electron chi connectivity index (χ0n) is 12.4. The summed E-state index contributed by atoms with van der Waals surface area (Å²) in [7, 11) is 0. The van der Waals surface area contributed by atoms with Crippen LogP contribution in [0.3, 0.4) is 0 Å². The van der Waals surface area contributed by atoms with E-state index in [2.05, 4.69) is 5.32 Å². The van der Waals surface area contributed by atoms with Gasteiger partial charge in [0.1, 0.15) is 0 Å². The standard InChI is InChI=1S/C17H17NO3S/c1-12-8-10-15(11-9-12)22-17(16(20)21,18-13(2)19)14-6-4-3-5-7-14/h3-11H,1-2H3,(H,18,19)(H,20,21). The first-order valence-corrected chi connectivity index (χ1v) is 7.59. The van der Waals surface area contributed by atoms with Gasteiger partial charge in [0.05, 0.1) is 0 Å². The van der Waals surface area contributed by atoms with Crippen molar-refractivity contribution in [2.75, 3.05) is 0 Å².